The average molecular weight is 253 g/mol. The molecule has 1 saturated heterocycles. The van der Waals surface area contributed by atoms with Crippen LogP contribution in [0.2, 0.25) is 0 Å². The van der Waals surface area contributed by atoms with Crippen molar-refractivity contribution in [2.45, 2.75) is 13.5 Å². The van der Waals surface area contributed by atoms with Crippen LogP contribution < -0.4 is 5.73 Å². The van der Waals surface area contributed by atoms with Gasteiger partial charge in [-0.2, -0.15) is 0 Å². The summed E-state index contributed by atoms with van der Waals surface area (Å²) in [5.74, 6) is 0.0586. The normalized spacial score (nSPS) is 18.4. The zero-order chi connectivity index (χ0) is 12.3. The summed E-state index contributed by atoms with van der Waals surface area (Å²) in [6, 6.07) is 0. The molecule has 0 radical (unpaired) electrons. The number of nitrogens with zero attached hydrogens (tertiary/aromatic N) is 3. The van der Waals surface area contributed by atoms with Crippen molar-refractivity contribution >= 4 is 17.2 Å². The molecule has 94 valence electrons. The highest BCUT2D eigenvalue weighted by Gasteiger charge is 2.16. The maximum Gasteiger partial charge on any atom is 0.142 e. The van der Waals surface area contributed by atoms with Gasteiger partial charge in [0, 0.05) is 31.6 Å². The standard InChI is InChI=1S/C11H19N5S/c1-2-15-3-5-16(6-4-15)7-10-14-9(8-17-10)11(12)13/h8H,2-7H2,1H3,(H3,12,13). The minimum atomic E-state index is 0.0586. The van der Waals surface area contributed by atoms with Crippen molar-refractivity contribution in [3.63, 3.8) is 0 Å². The van der Waals surface area contributed by atoms with E-state index < -0.39 is 0 Å². The highest BCUT2D eigenvalue weighted by molar-refractivity contribution is 7.09. The second-order valence-corrected chi connectivity index (χ2v) is 5.19. The molecule has 1 aromatic heterocycles. The number of rotatable bonds is 4. The van der Waals surface area contributed by atoms with Crippen LogP contribution >= 0.6 is 11.3 Å². The fourth-order valence-corrected chi connectivity index (χ4v) is 2.80. The predicted molar refractivity (Wildman–Crippen MR) is 70.5 cm³/mol. The van der Waals surface area contributed by atoms with Gasteiger partial charge in [0.25, 0.3) is 0 Å². The van der Waals surface area contributed by atoms with Gasteiger partial charge in [-0.05, 0) is 6.54 Å². The lowest BCUT2D eigenvalue weighted by molar-refractivity contribution is 0.132. The molecule has 17 heavy (non-hydrogen) atoms. The molecule has 0 saturated carbocycles. The number of aromatic nitrogens is 1. The van der Waals surface area contributed by atoms with Crippen LogP contribution in [0.1, 0.15) is 17.6 Å². The topological polar surface area (TPSA) is 69.2 Å². The smallest absolute Gasteiger partial charge is 0.142 e. The summed E-state index contributed by atoms with van der Waals surface area (Å²) in [6.07, 6.45) is 0. The molecule has 0 aromatic carbocycles. The van der Waals surface area contributed by atoms with Crippen molar-refractivity contribution in [2.75, 3.05) is 32.7 Å². The Morgan fingerprint density at radius 2 is 2.06 bits per heavy atom. The third-order valence-electron chi connectivity index (χ3n) is 3.10. The largest absolute Gasteiger partial charge is 0.382 e. The van der Waals surface area contributed by atoms with E-state index in [1.807, 2.05) is 5.38 Å². The molecule has 6 heteroatoms. The number of thiazole rings is 1. The van der Waals surface area contributed by atoms with Gasteiger partial charge >= 0.3 is 0 Å². The fourth-order valence-electron chi connectivity index (χ4n) is 1.96. The van der Waals surface area contributed by atoms with Crippen molar-refractivity contribution < 1.29 is 0 Å². The molecule has 0 aliphatic carbocycles. The van der Waals surface area contributed by atoms with Gasteiger partial charge < -0.3 is 10.6 Å². The van der Waals surface area contributed by atoms with Crippen LogP contribution in [0.25, 0.3) is 0 Å². The van der Waals surface area contributed by atoms with Gasteiger partial charge in [0.1, 0.15) is 16.5 Å². The van der Waals surface area contributed by atoms with Crippen LogP contribution in [-0.2, 0) is 6.54 Å². The molecule has 2 rings (SSSR count). The Labute approximate surface area is 106 Å². The Morgan fingerprint density at radius 1 is 1.41 bits per heavy atom. The number of hydrogen-bond acceptors (Lipinski definition) is 5. The number of amidine groups is 1. The Morgan fingerprint density at radius 3 is 2.59 bits per heavy atom. The predicted octanol–water partition coefficient (Wildman–Crippen LogP) is 0.565. The highest BCUT2D eigenvalue weighted by atomic mass is 32.1. The number of nitrogens with one attached hydrogen (secondary N) is 1. The number of hydrogen-bond donors (Lipinski definition) is 2. The Kier molecular flexibility index (Phi) is 4.09. The van der Waals surface area contributed by atoms with Crippen LogP contribution in [0.15, 0.2) is 5.38 Å². The molecule has 1 aromatic rings. The monoisotopic (exact) mass is 253 g/mol. The third-order valence-corrected chi connectivity index (χ3v) is 3.93. The zero-order valence-electron chi connectivity index (χ0n) is 10.1. The Bertz CT molecular complexity index is 381. The first-order valence-electron chi connectivity index (χ1n) is 5.92. The molecule has 2 heterocycles. The quantitative estimate of drug-likeness (QED) is 0.608. The molecule has 0 bridgehead atoms. The maximum atomic E-state index is 7.32. The Hall–Kier alpha value is -0.980. The van der Waals surface area contributed by atoms with Gasteiger partial charge in [0.05, 0.1) is 6.54 Å². The van der Waals surface area contributed by atoms with Crippen molar-refractivity contribution in [1.29, 1.82) is 5.41 Å². The summed E-state index contributed by atoms with van der Waals surface area (Å²) in [5.41, 5.74) is 6.01. The number of nitrogen functional groups attached to an aromatic ring is 1. The van der Waals surface area contributed by atoms with Crippen molar-refractivity contribution in [3.8, 4) is 0 Å². The highest BCUT2D eigenvalue weighted by Crippen LogP contribution is 2.13. The van der Waals surface area contributed by atoms with Crippen LogP contribution in [0, 0.1) is 5.41 Å². The van der Waals surface area contributed by atoms with Crippen molar-refractivity contribution in [3.05, 3.63) is 16.1 Å². The van der Waals surface area contributed by atoms with Gasteiger partial charge in [0.2, 0.25) is 0 Å². The average Bonchev–Trinajstić information content (AvgIpc) is 2.79. The summed E-state index contributed by atoms with van der Waals surface area (Å²) in [4.78, 5) is 9.23. The molecular weight excluding hydrogens is 234 g/mol. The van der Waals surface area contributed by atoms with Crippen molar-refractivity contribution in [2.24, 2.45) is 5.73 Å². The van der Waals surface area contributed by atoms with E-state index in [4.69, 9.17) is 11.1 Å². The van der Waals surface area contributed by atoms with Crippen molar-refractivity contribution in [1.82, 2.24) is 14.8 Å². The minimum absolute atomic E-state index is 0.0586. The minimum Gasteiger partial charge on any atom is -0.382 e. The number of nitrogens with two attached hydrogens (primary N) is 1. The van der Waals surface area contributed by atoms with Crippen LogP contribution in [-0.4, -0.2) is 53.3 Å². The lowest BCUT2D eigenvalue weighted by atomic mass is 10.3. The van der Waals surface area contributed by atoms with Gasteiger partial charge in [-0.15, -0.1) is 11.3 Å². The molecule has 1 aliphatic rings. The summed E-state index contributed by atoms with van der Waals surface area (Å²) in [7, 11) is 0. The first-order chi connectivity index (χ1) is 8.19. The second kappa shape index (κ2) is 5.57. The lowest BCUT2D eigenvalue weighted by Gasteiger charge is -2.33. The summed E-state index contributed by atoms with van der Waals surface area (Å²) in [5, 5.41) is 10.2. The zero-order valence-corrected chi connectivity index (χ0v) is 11.0. The molecule has 0 spiro atoms. The second-order valence-electron chi connectivity index (χ2n) is 4.25. The van der Waals surface area contributed by atoms with Gasteiger partial charge in [-0.3, -0.25) is 10.3 Å². The first-order valence-corrected chi connectivity index (χ1v) is 6.80. The van der Waals surface area contributed by atoms with Gasteiger partial charge in [-0.1, -0.05) is 6.92 Å². The summed E-state index contributed by atoms with van der Waals surface area (Å²) in [6.45, 7) is 8.71. The van der Waals surface area contributed by atoms with E-state index in [9.17, 15) is 0 Å². The molecule has 0 unspecified atom stereocenters. The molecule has 3 N–H and O–H groups in total. The first kappa shape index (κ1) is 12.5. The molecular formula is C11H19N5S. The molecule has 1 fully saturated rings. The van der Waals surface area contributed by atoms with E-state index in [1.54, 1.807) is 11.3 Å². The lowest BCUT2D eigenvalue weighted by Crippen LogP contribution is -2.45. The van der Waals surface area contributed by atoms with Crippen LogP contribution in [0.4, 0.5) is 0 Å². The van der Waals surface area contributed by atoms with Gasteiger partial charge in [0.15, 0.2) is 0 Å². The fraction of sp³-hybridized carbons (Fsp3) is 0.636. The van der Waals surface area contributed by atoms with Crippen LogP contribution in [0.5, 0.6) is 0 Å². The van der Waals surface area contributed by atoms with E-state index in [0.29, 0.717) is 5.69 Å². The van der Waals surface area contributed by atoms with E-state index >= 15 is 0 Å². The molecule has 0 atom stereocenters. The van der Waals surface area contributed by atoms with Crippen LogP contribution in [0.3, 0.4) is 0 Å². The Balaban J connectivity index is 1.86. The number of piperazine rings is 1. The van der Waals surface area contributed by atoms with E-state index in [0.717, 1.165) is 44.3 Å². The number of likely N-dealkylation sites (N-methyl/N-ethyl adjacent to an activating group) is 1. The maximum absolute atomic E-state index is 7.32. The molecule has 5 nitrogen and oxygen atoms in total. The SMILES string of the molecule is CCN1CCN(Cc2nc(C(=N)N)cs2)CC1. The van der Waals surface area contributed by atoms with E-state index in [1.165, 1.54) is 0 Å². The molecule has 1 aliphatic heterocycles. The molecule has 0 amide bonds. The summed E-state index contributed by atoms with van der Waals surface area (Å²) < 4.78 is 0. The van der Waals surface area contributed by atoms with E-state index in [-0.39, 0.29) is 5.84 Å². The van der Waals surface area contributed by atoms with E-state index in [2.05, 4.69) is 21.7 Å². The summed E-state index contributed by atoms with van der Waals surface area (Å²) >= 11 is 1.59. The van der Waals surface area contributed by atoms with Gasteiger partial charge in [-0.25, -0.2) is 4.98 Å². The third kappa shape index (κ3) is 3.24.